The number of hydrogen-bond acceptors (Lipinski definition) is 2. The molecule has 0 saturated heterocycles. The maximum absolute atomic E-state index is 10.4. The van der Waals surface area contributed by atoms with E-state index < -0.39 is 18.4 Å². The molecule has 2 aromatic carbocycles. The first-order valence-corrected chi connectivity index (χ1v) is 19.4. The standard InChI is InChI=1S/C15H9N2O.3C4H9.Sn/c16-9-11-10-17(12-5-7-13(18)8-6-12)15-4-2-1-3-14(11)15;3*1-3-4-2;/h1-8,18H;3*1,3-4H2,2H3;. The summed E-state index contributed by atoms with van der Waals surface area (Å²) in [6.07, 6.45) is 7.39. The van der Waals surface area contributed by atoms with Crippen molar-refractivity contribution in [3.05, 3.63) is 54.1 Å². The number of para-hydroxylation sites is 1. The number of fused-ring (bicyclic) bond motifs is 1. The van der Waals surface area contributed by atoms with Crippen LogP contribution in [0, 0.1) is 11.3 Å². The second kappa shape index (κ2) is 11.1. The van der Waals surface area contributed by atoms with Gasteiger partial charge in [-0.1, -0.05) is 0 Å². The fourth-order valence-electron chi connectivity index (χ4n) is 5.00. The Bertz CT molecular complexity index is 1010. The van der Waals surface area contributed by atoms with Crippen LogP contribution in [0.25, 0.3) is 16.6 Å². The monoisotopic (exact) mass is 524 g/mol. The van der Waals surface area contributed by atoms with Crippen molar-refractivity contribution in [2.45, 2.75) is 72.6 Å². The number of unbranched alkanes of at least 4 members (excludes halogenated alkanes) is 3. The molecule has 0 spiro atoms. The van der Waals surface area contributed by atoms with Crippen molar-refractivity contribution in [3.63, 3.8) is 0 Å². The summed E-state index contributed by atoms with van der Waals surface area (Å²) in [5.74, 6) is 0.278. The van der Waals surface area contributed by atoms with Crippen LogP contribution in [0.3, 0.4) is 0 Å². The first kappa shape index (κ1) is 23.7. The van der Waals surface area contributed by atoms with Gasteiger partial charge in [0.05, 0.1) is 0 Å². The number of benzene rings is 2. The number of phenols is 1. The van der Waals surface area contributed by atoms with E-state index in [1.165, 1.54) is 55.5 Å². The fraction of sp³-hybridized carbons (Fsp3) is 0.444. The third kappa shape index (κ3) is 4.95. The second-order valence-corrected chi connectivity index (χ2v) is 21.7. The topological polar surface area (TPSA) is 49.0 Å². The number of nitrogens with zero attached hydrogens (tertiary/aromatic N) is 2. The molecule has 0 aliphatic rings. The Morgan fingerprint density at radius 3 is 1.90 bits per heavy atom. The molecule has 1 heterocycles. The van der Waals surface area contributed by atoms with Crippen LogP contribution in [0.15, 0.2) is 48.5 Å². The summed E-state index contributed by atoms with van der Waals surface area (Å²) in [7, 11) is 0. The second-order valence-electron chi connectivity index (χ2n) is 8.80. The summed E-state index contributed by atoms with van der Waals surface area (Å²) < 4.78 is 7.74. The summed E-state index contributed by atoms with van der Waals surface area (Å²) in [4.78, 5) is 0. The van der Waals surface area contributed by atoms with Crippen molar-refractivity contribution in [1.29, 1.82) is 5.26 Å². The number of rotatable bonds is 11. The van der Waals surface area contributed by atoms with Gasteiger partial charge in [-0.2, -0.15) is 0 Å². The van der Waals surface area contributed by atoms with Crippen LogP contribution in [0.5, 0.6) is 5.75 Å². The van der Waals surface area contributed by atoms with E-state index in [2.05, 4.69) is 55.7 Å². The normalized spacial score (nSPS) is 11.7. The van der Waals surface area contributed by atoms with Gasteiger partial charge in [0.2, 0.25) is 0 Å². The molecule has 0 bridgehead atoms. The number of aromatic nitrogens is 1. The molecule has 164 valence electrons. The molecule has 0 fully saturated rings. The number of hydrogen-bond donors (Lipinski definition) is 1. The van der Waals surface area contributed by atoms with E-state index in [0.29, 0.717) is 0 Å². The van der Waals surface area contributed by atoms with Gasteiger partial charge in [0.15, 0.2) is 0 Å². The summed E-state index contributed by atoms with van der Waals surface area (Å²) >= 11 is -2.93. The van der Waals surface area contributed by atoms with Crippen molar-refractivity contribution in [3.8, 4) is 17.5 Å². The van der Waals surface area contributed by atoms with E-state index in [1.807, 2.05) is 12.1 Å². The molecule has 0 unspecified atom stereocenters. The van der Waals surface area contributed by atoms with Crippen molar-refractivity contribution in [1.82, 2.24) is 4.57 Å². The Morgan fingerprint density at radius 2 is 1.39 bits per heavy atom. The molecule has 0 atom stereocenters. The average molecular weight is 523 g/mol. The molecule has 3 nitrogen and oxygen atoms in total. The Hall–Kier alpha value is -1.93. The van der Waals surface area contributed by atoms with Crippen LogP contribution >= 0.6 is 0 Å². The molecule has 3 rings (SSSR count). The van der Waals surface area contributed by atoms with Crippen molar-refractivity contribution in [2.75, 3.05) is 0 Å². The SMILES string of the molecule is CCC[CH2][Sn]([CH2]CCC)([CH2]CCC)[c]1c(C#N)c2ccccc2n1-c1ccc(O)cc1. The quantitative estimate of drug-likeness (QED) is 0.269. The molecule has 3 aromatic rings. The summed E-state index contributed by atoms with van der Waals surface area (Å²) in [6, 6.07) is 18.6. The van der Waals surface area contributed by atoms with E-state index in [9.17, 15) is 10.4 Å². The van der Waals surface area contributed by atoms with Gasteiger partial charge in [0.25, 0.3) is 0 Å². The van der Waals surface area contributed by atoms with Gasteiger partial charge < -0.3 is 0 Å². The molecule has 0 aliphatic carbocycles. The van der Waals surface area contributed by atoms with Crippen LogP contribution in [-0.4, -0.2) is 28.1 Å². The zero-order valence-corrected chi connectivity index (χ0v) is 22.2. The zero-order chi connectivity index (χ0) is 22.3. The summed E-state index contributed by atoms with van der Waals surface area (Å²) in [6.45, 7) is 6.87. The maximum atomic E-state index is 10.4. The van der Waals surface area contributed by atoms with Gasteiger partial charge >= 0.3 is 192 Å². The predicted molar refractivity (Wildman–Crippen MR) is 134 cm³/mol. The summed E-state index contributed by atoms with van der Waals surface area (Å²) in [5, 5.41) is 21.4. The average Bonchev–Trinajstić information content (AvgIpc) is 3.14. The minimum atomic E-state index is -2.93. The van der Waals surface area contributed by atoms with Crippen LogP contribution in [-0.2, 0) is 0 Å². The number of aromatic hydroxyl groups is 1. The zero-order valence-electron chi connectivity index (χ0n) is 19.3. The third-order valence-corrected chi connectivity index (χ3v) is 22.1. The molecule has 31 heavy (non-hydrogen) atoms. The van der Waals surface area contributed by atoms with Crippen LogP contribution in [0.4, 0.5) is 0 Å². The van der Waals surface area contributed by atoms with Gasteiger partial charge in [-0.05, 0) is 0 Å². The van der Waals surface area contributed by atoms with Gasteiger partial charge in [-0.15, -0.1) is 0 Å². The molecular weight excluding hydrogens is 487 g/mol. The molecule has 0 amide bonds. The van der Waals surface area contributed by atoms with Crippen molar-refractivity contribution in [2.24, 2.45) is 0 Å². The Morgan fingerprint density at radius 1 is 0.839 bits per heavy atom. The molecular formula is C27H36N2OSn. The molecule has 0 aliphatic heterocycles. The van der Waals surface area contributed by atoms with E-state index in [4.69, 9.17) is 0 Å². The molecule has 1 N–H and O–H groups in total. The molecule has 4 heteroatoms. The first-order valence-electron chi connectivity index (χ1n) is 11.9. The number of phenolic OH excluding ortho intramolecular Hbond substituents is 1. The molecule has 1 aromatic heterocycles. The Kier molecular flexibility index (Phi) is 8.49. The van der Waals surface area contributed by atoms with Gasteiger partial charge in [0.1, 0.15) is 0 Å². The van der Waals surface area contributed by atoms with E-state index >= 15 is 0 Å². The fourth-order valence-corrected chi connectivity index (χ4v) is 22.1. The molecule has 0 radical (unpaired) electrons. The molecule has 0 saturated carbocycles. The van der Waals surface area contributed by atoms with E-state index in [-0.39, 0.29) is 5.75 Å². The minimum absolute atomic E-state index is 0.278. The van der Waals surface area contributed by atoms with Gasteiger partial charge in [-0.3, -0.25) is 0 Å². The van der Waals surface area contributed by atoms with Crippen molar-refractivity contribution >= 4 is 33.0 Å². The van der Waals surface area contributed by atoms with E-state index in [0.717, 1.165) is 22.2 Å². The summed E-state index contributed by atoms with van der Waals surface area (Å²) in [5.41, 5.74) is 3.11. The van der Waals surface area contributed by atoms with Crippen LogP contribution < -0.4 is 3.71 Å². The van der Waals surface area contributed by atoms with Crippen LogP contribution in [0.2, 0.25) is 13.3 Å². The van der Waals surface area contributed by atoms with Gasteiger partial charge in [-0.25, -0.2) is 0 Å². The van der Waals surface area contributed by atoms with E-state index in [1.54, 1.807) is 12.1 Å². The Labute approximate surface area is 191 Å². The number of nitriles is 1. The first-order chi connectivity index (χ1) is 15.1. The third-order valence-electron chi connectivity index (χ3n) is 6.62. The Balaban J connectivity index is 2.38. The van der Waals surface area contributed by atoms with Crippen molar-refractivity contribution < 1.29 is 5.11 Å². The van der Waals surface area contributed by atoms with Gasteiger partial charge in [0, 0.05) is 0 Å². The van der Waals surface area contributed by atoms with Crippen LogP contribution in [0.1, 0.15) is 64.9 Å². The predicted octanol–water partition coefficient (Wildman–Crippen LogP) is 7.26.